The molecular formula is C8H13NO3. The first-order valence-electron chi connectivity index (χ1n) is 4.20. The van der Waals surface area contributed by atoms with E-state index in [0.717, 1.165) is 6.42 Å². The first-order valence-corrected chi connectivity index (χ1v) is 4.20. The van der Waals surface area contributed by atoms with Crippen LogP contribution in [0, 0.1) is 0 Å². The quantitative estimate of drug-likeness (QED) is 0.604. The third-order valence-electron chi connectivity index (χ3n) is 1.80. The Morgan fingerprint density at radius 2 is 2.50 bits per heavy atom. The molecule has 12 heavy (non-hydrogen) atoms. The lowest BCUT2D eigenvalue weighted by molar-refractivity contribution is -0.148. The molecule has 0 aromatic rings. The summed E-state index contributed by atoms with van der Waals surface area (Å²) in [6.07, 6.45) is 2.00. The third-order valence-corrected chi connectivity index (χ3v) is 1.80. The molecule has 0 aromatic carbocycles. The van der Waals surface area contributed by atoms with E-state index in [0.29, 0.717) is 19.4 Å². The third kappa shape index (κ3) is 2.22. The fourth-order valence-electron chi connectivity index (χ4n) is 1.23. The number of nitrogens with one attached hydrogen (secondary N) is 1. The first-order chi connectivity index (χ1) is 5.74. The van der Waals surface area contributed by atoms with Crippen LogP contribution in [0.25, 0.3) is 0 Å². The molecule has 1 rings (SSSR count). The Morgan fingerprint density at radius 1 is 1.75 bits per heavy atom. The van der Waals surface area contributed by atoms with Gasteiger partial charge in [0.05, 0.1) is 6.61 Å². The number of rotatable bonds is 2. The molecule has 1 heterocycles. The fourth-order valence-corrected chi connectivity index (χ4v) is 1.23. The molecule has 0 aromatic heterocycles. The predicted molar refractivity (Wildman–Crippen MR) is 42.4 cm³/mol. The van der Waals surface area contributed by atoms with Crippen LogP contribution >= 0.6 is 0 Å². The molecule has 1 N–H and O–H groups in total. The Hall–Kier alpha value is -1.06. The second kappa shape index (κ2) is 4.09. The highest BCUT2D eigenvalue weighted by Crippen LogP contribution is 2.09. The van der Waals surface area contributed by atoms with E-state index in [1.165, 1.54) is 0 Å². The lowest BCUT2D eigenvalue weighted by atomic mass is 10.0. The van der Waals surface area contributed by atoms with Gasteiger partial charge in [0.25, 0.3) is 0 Å². The molecule has 0 aliphatic carbocycles. The van der Waals surface area contributed by atoms with Crippen LogP contribution in [0.1, 0.15) is 26.2 Å². The number of esters is 1. The number of hydrogen-bond donors (Lipinski definition) is 1. The summed E-state index contributed by atoms with van der Waals surface area (Å²) in [5.41, 5.74) is 0. The highest BCUT2D eigenvalue weighted by Gasteiger charge is 2.25. The maximum absolute atomic E-state index is 11.1. The lowest BCUT2D eigenvalue weighted by Gasteiger charge is -2.20. The minimum Gasteiger partial charge on any atom is -0.464 e. The van der Waals surface area contributed by atoms with Crippen LogP contribution in [0.5, 0.6) is 0 Å². The van der Waals surface area contributed by atoms with Crippen LogP contribution in [0.3, 0.4) is 0 Å². The first kappa shape index (κ1) is 9.03. The Bertz CT molecular complexity index is 191. The summed E-state index contributed by atoms with van der Waals surface area (Å²) < 4.78 is 4.78. The number of carbonyl (C=O) groups excluding carboxylic acids is 2. The average Bonchev–Trinajstić information content (AvgIpc) is 2.05. The summed E-state index contributed by atoms with van der Waals surface area (Å²) in [7, 11) is 0. The SMILES string of the molecule is CCOC(=O)[C@@H]1CCCC(=O)N1. The molecule has 0 saturated carbocycles. The molecule has 1 amide bonds. The summed E-state index contributed by atoms with van der Waals surface area (Å²) in [4.78, 5) is 22.0. The number of hydrogen-bond acceptors (Lipinski definition) is 3. The number of piperidine rings is 1. The summed E-state index contributed by atoms with van der Waals surface area (Å²) >= 11 is 0. The van der Waals surface area contributed by atoms with E-state index in [2.05, 4.69) is 5.32 Å². The van der Waals surface area contributed by atoms with Gasteiger partial charge in [-0.2, -0.15) is 0 Å². The number of carbonyl (C=O) groups is 2. The largest absolute Gasteiger partial charge is 0.464 e. The van der Waals surface area contributed by atoms with Gasteiger partial charge in [-0.3, -0.25) is 4.79 Å². The van der Waals surface area contributed by atoms with Crippen LogP contribution in [0.2, 0.25) is 0 Å². The Labute approximate surface area is 71.3 Å². The average molecular weight is 171 g/mol. The molecule has 68 valence electrons. The molecule has 4 heteroatoms. The number of ether oxygens (including phenoxy) is 1. The monoisotopic (exact) mass is 171 g/mol. The maximum Gasteiger partial charge on any atom is 0.328 e. The van der Waals surface area contributed by atoms with Crippen molar-refractivity contribution in [2.24, 2.45) is 0 Å². The van der Waals surface area contributed by atoms with E-state index in [9.17, 15) is 9.59 Å². The van der Waals surface area contributed by atoms with E-state index >= 15 is 0 Å². The zero-order chi connectivity index (χ0) is 8.97. The minimum absolute atomic E-state index is 0.0562. The van der Waals surface area contributed by atoms with Gasteiger partial charge in [0.15, 0.2) is 0 Å². The van der Waals surface area contributed by atoms with Crippen molar-refractivity contribution in [3.05, 3.63) is 0 Å². The van der Waals surface area contributed by atoms with E-state index < -0.39 is 6.04 Å². The van der Waals surface area contributed by atoms with Crippen molar-refractivity contribution >= 4 is 11.9 Å². The van der Waals surface area contributed by atoms with E-state index in [1.54, 1.807) is 6.92 Å². The van der Waals surface area contributed by atoms with Gasteiger partial charge < -0.3 is 10.1 Å². The Kier molecular flexibility index (Phi) is 3.08. The van der Waals surface area contributed by atoms with Crippen molar-refractivity contribution in [3.63, 3.8) is 0 Å². The fraction of sp³-hybridized carbons (Fsp3) is 0.750. The normalized spacial score (nSPS) is 23.1. The van der Waals surface area contributed by atoms with Crippen LogP contribution < -0.4 is 5.32 Å². The highest BCUT2D eigenvalue weighted by atomic mass is 16.5. The topological polar surface area (TPSA) is 55.4 Å². The van der Waals surface area contributed by atoms with Crippen molar-refractivity contribution in [1.29, 1.82) is 0 Å². The van der Waals surface area contributed by atoms with E-state index in [1.807, 2.05) is 0 Å². The van der Waals surface area contributed by atoms with E-state index in [4.69, 9.17) is 4.74 Å². The molecule has 1 aliphatic rings. The minimum atomic E-state index is -0.411. The molecule has 0 bridgehead atoms. The Balaban J connectivity index is 2.40. The van der Waals surface area contributed by atoms with Crippen LogP contribution in [0.15, 0.2) is 0 Å². The zero-order valence-corrected chi connectivity index (χ0v) is 7.13. The molecule has 4 nitrogen and oxygen atoms in total. The second-order valence-corrected chi connectivity index (χ2v) is 2.76. The molecule has 0 radical (unpaired) electrons. The molecule has 1 fully saturated rings. The van der Waals surface area contributed by atoms with Gasteiger partial charge in [0, 0.05) is 6.42 Å². The molecule has 1 atom stereocenters. The molecular weight excluding hydrogens is 158 g/mol. The summed E-state index contributed by atoms with van der Waals surface area (Å²) in [6, 6.07) is -0.411. The van der Waals surface area contributed by atoms with E-state index in [-0.39, 0.29) is 11.9 Å². The van der Waals surface area contributed by atoms with Gasteiger partial charge in [-0.1, -0.05) is 0 Å². The van der Waals surface area contributed by atoms with Crippen LogP contribution in [-0.4, -0.2) is 24.5 Å². The van der Waals surface area contributed by atoms with Crippen molar-refractivity contribution in [2.75, 3.05) is 6.61 Å². The van der Waals surface area contributed by atoms with Gasteiger partial charge in [0.2, 0.25) is 5.91 Å². The van der Waals surface area contributed by atoms with Crippen LogP contribution in [0.4, 0.5) is 0 Å². The summed E-state index contributed by atoms with van der Waals surface area (Å²) in [5, 5.41) is 2.59. The predicted octanol–water partition coefficient (Wildman–Crippen LogP) is 0.218. The Morgan fingerprint density at radius 3 is 3.08 bits per heavy atom. The lowest BCUT2D eigenvalue weighted by Crippen LogP contribution is -2.44. The maximum atomic E-state index is 11.1. The molecule has 1 saturated heterocycles. The smallest absolute Gasteiger partial charge is 0.328 e. The highest BCUT2D eigenvalue weighted by molar-refractivity contribution is 5.85. The van der Waals surface area contributed by atoms with Gasteiger partial charge in [-0.05, 0) is 19.8 Å². The summed E-state index contributed by atoms with van der Waals surface area (Å²) in [6.45, 7) is 2.12. The van der Waals surface area contributed by atoms with Crippen molar-refractivity contribution in [1.82, 2.24) is 5.32 Å². The standard InChI is InChI=1S/C8H13NO3/c1-2-12-8(11)6-4-3-5-7(10)9-6/h6H,2-5H2,1H3,(H,9,10)/t6-/m0/s1. The van der Waals surface area contributed by atoms with Crippen molar-refractivity contribution < 1.29 is 14.3 Å². The van der Waals surface area contributed by atoms with Gasteiger partial charge in [-0.15, -0.1) is 0 Å². The molecule has 0 unspecified atom stereocenters. The second-order valence-electron chi connectivity index (χ2n) is 2.76. The zero-order valence-electron chi connectivity index (χ0n) is 7.13. The summed E-state index contributed by atoms with van der Waals surface area (Å²) in [5.74, 6) is -0.371. The van der Waals surface area contributed by atoms with Gasteiger partial charge in [-0.25, -0.2) is 4.79 Å². The number of amides is 1. The van der Waals surface area contributed by atoms with Gasteiger partial charge >= 0.3 is 5.97 Å². The van der Waals surface area contributed by atoms with Crippen molar-refractivity contribution in [2.45, 2.75) is 32.2 Å². The van der Waals surface area contributed by atoms with Crippen LogP contribution in [-0.2, 0) is 14.3 Å². The van der Waals surface area contributed by atoms with Crippen molar-refractivity contribution in [3.8, 4) is 0 Å². The molecule has 1 aliphatic heterocycles. The van der Waals surface area contributed by atoms with Gasteiger partial charge in [0.1, 0.15) is 6.04 Å². The molecule has 0 spiro atoms.